The molecule has 8 aromatic rings. The van der Waals surface area contributed by atoms with Crippen LogP contribution in [0.5, 0.6) is 0 Å². The second-order valence-corrected chi connectivity index (χ2v) is 17.2. The van der Waals surface area contributed by atoms with Crippen molar-refractivity contribution in [2.24, 2.45) is 0 Å². The summed E-state index contributed by atoms with van der Waals surface area (Å²) in [6, 6.07) is 43.0. The molecule has 0 unspecified atom stereocenters. The van der Waals surface area contributed by atoms with Crippen molar-refractivity contribution in [1.29, 1.82) is 0 Å². The van der Waals surface area contributed by atoms with Crippen LogP contribution in [0.2, 0.25) is 13.1 Å². The molecule has 0 aliphatic carbocycles. The van der Waals surface area contributed by atoms with Gasteiger partial charge in [-0.25, -0.2) is 0 Å². The van der Waals surface area contributed by atoms with Gasteiger partial charge in [-0.15, -0.1) is 0 Å². The van der Waals surface area contributed by atoms with Crippen LogP contribution >= 0.6 is 0 Å². The molecule has 0 N–H and O–H groups in total. The SMILES string of the molecule is C[Si]1(C)c2ccccc2N2c3cc4ccccc4c4c3B(c3cccc1c32)n1c2c-4cccc2c2oc3ccccc3c21. The van der Waals surface area contributed by atoms with E-state index in [-0.39, 0.29) is 6.85 Å². The lowest BCUT2D eigenvalue weighted by Crippen LogP contribution is -2.65. The minimum atomic E-state index is -1.97. The van der Waals surface area contributed by atoms with Gasteiger partial charge >= 0.3 is 6.85 Å². The van der Waals surface area contributed by atoms with Crippen molar-refractivity contribution < 1.29 is 4.42 Å². The molecule has 0 fully saturated rings. The van der Waals surface area contributed by atoms with Gasteiger partial charge in [0.05, 0.1) is 5.52 Å². The van der Waals surface area contributed by atoms with Crippen LogP contribution in [0.1, 0.15) is 0 Å². The van der Waals surface area contributed by atoms with E-state index in [0.29, 0.717) is 0 Å². The van der Waals surface area contributed by atoms with E-state index in [9.17, 15) is 0 Å². The maximum atomic E-state index is 6.68. The molecule has 0 saturated heterocycles. The minimum Gasteiger partial charge on any atom is -0.454 e. The van der Waals surface area contributed by atoms with Crippen molar-refractivity contribution in [3.8, 4) is 11.1 Å². The summed E-state index contributed by atoms with van der Waals surface area (Å²) in [6.45, 7) is 5.07. The van der Waals surface area contributed by atoms with Crippen LogP contribution in [-0.4, -0.2) is 19.4 Å². The van der Waals surface area contributed by atoms with Crippen molar-refractivity contribution in [3.63, 3.8) is 0 Å². The molecular formula is C38H25BN2OSi. The predicted octanol–water partition coefficient (Wildman–Crippen LogP) is 7.25. The largest absolute Gasteiger partial charge is 0.454 e. The highest BCUT2D eigenvalue weighted by Crippen LogP contribution is 2.49. The van der Waals surface area contributed by atoms with Crippen LogP contribution < -0.4 is 26.2 Å². The number of nitrogens with zero attached hydrogens (tertiary/aromatic N) is 2. The van der Waals surface area contributed by atoms with Gasteiger partial charge in [-0.1, -0.05) is 98.0 Å². The Morgan fingerprint density at radius 1 is 0.651 bits per heavy atom. The highest BCUT2D eigenvalue weighted by atomic mass is 28.3. The van der Waals surface area contributed by atoms with E-state index in [4.69, 9.17) is 4.42 Å². The molecule has 5 heterocycles. The van der Waals surface area contributed by atoms with Crippen LogP contribution in [0.4, 0.5) is 17.1 Å². The molecule has 0 amide bonds. The number of rotatable bonds is 0. The zero-order valence-electron chi connectivity index (χ0n) is 23.8. The standard InChI is InChI=1S/C38H25BN2OSi/c1-43(2)31-19-8-6-17-28(31)40-29-21-22-11-3-4-12-23(22)33-25-14-9-15-26-35(25)41(36-24-13-5-7-18-30(24)42-38(26)36)39(34(29)33)27-16-10-20-32(43)37(27)40/h3-21H,1-2H3. The lowest BCUT2D eigenvalue weighted by molar-refractivity contribution is 0.673. The summed E-state index contributed by atoms with van der Waals surface area (Å²) < 4.78 is 9.31. The fourth-order valence-corrected chi connectivity index (χ4v) is 11.8. The lowest BCUT2D eigenvalue weighted by atomic mass is 9.44. The zero-order chi connectivity index (χ0) is 28.2. The maximum Gasteiger partial charge on any atom is 0.333 e. The molecule has 0 saturated carbocycles. The predicted molar refractivity (Wildman–Crippen MR) is 184 cm³/mol. The molecule has 11 rings (SSSR count). The smallest absolute Gasteiger partial charge is 0.333 e. The normalized spacial score (nSPS) is 15.3. The number of hydrogen-bond acceptors (Lipinski definition) is 2. The summed E-state index contributed by atoms with van der Waals surface area (Å²) in [5, 5.41) is 7.98. The summed E-state index contributed by atoms with van der Waals surface area (Å²) in [4.78, 5) is 2.61. The summed E-state index contributed by atoms with van der Waals surface area (Å²) in [7, 11) is -1.97. The monoisotopic (exact) mass is 564 g/mol. The topological polar surface area (TPSA) is 21.3 Å². The van der Waals surface area contributed by atoms with E-state index in [1.54, 1.807) is 0 Å². The van der Waals surface area contributed by atoms with Gasteiger partial charge in [0, 0.05) is 38.9 Å². The molecule has 6 aromatic carbocycles. The zero-order valence-corrected chi connectivity index (χ0v) is 24.8. The average molecular weight is 565 g/mol. The molecular weight excluding hydrogens is 539 g/mol. The van der Waals surface area contributed by atoms with E-state index >= 15 is 0 Å². The van der Waals surface area contributed by atoms with Gasteiger partial charge in [-0.2, -0.15) is 0 Å². The van der Waals surface area contributed by atoms with Crippen molar-refractivity contribution in [1.82, 2.24) is 4.48 Å². The van der Waals surface area contributed by atoms with Crippen LogP contribution in [0.15, 0.2) is 120 Å². The molecule has 3 aliphatic heterocycles. The van der Waals surface area contributed by atoms with Crippen LogP contribution in [0, 0.1) is 0 Å². The molecule has 3 nitrogen and oxygen atoms in total. The summed E-state index contributed by atoms with van der Waals surface area (Å²) in [5.41, 5.74) is 13.9. The first-order valence-corrected chi connectivity index (χ1v) is 18.2. The number of hydrogen-bond donors (Lipinski definition) is 0. The van der Waals surface area contributed by atoms with Crippen LogP contribution in [-0.2, 0) is 0 Å². The average Bonchev–Trinajstić information content (AvgIpc) is 3.57. The van der Waals surface area contributed by atoms with E-state index < -0.39 is 8.07 Å². The first-order chi connectivity index (χ1) is 21.1. The van der Waals surface area contributed by atoms with E-state index in [0.717, 1.165) is 11.2 Å². The number of fused-ring (bicyclic) bond motifs is 13. The Labute approximate surface area is 249 Å². The highest BCUT2D eigenvalue weighted by Gasteiger charge is 2.49. The fraction of sp³-hybridized carbons (Fsp3) is 0.0526. The highest BCUT2D eigenvalue weighted by molar-refractivity contribution is 7.04. The summed E-state index contributed by atoms with van der Waals surface area (Å²) in [5.74, 6) is 0. The van der Waals surface area contributed by atoms with E-state index in [2.05, 4.69) is 138 Å². The Bertz CT molecular complexity index is 2570. The van der Waals surface area contributed by atoms with Crippen molar-refractivity contribution in [2.45, 2.75) is 13.1 Å². The van der Waals surface area contributed by atoms with Gasteiger partial charge < -0.3 is 13.8 Å². The van der Waals surface area contributed by atoms with Crippen molar-refractivity contribution in [2.75, 3.05) is 4.90 Å². The molecule has 5 heteroatoms. The molecule has 0 spiro atoms. The van der Waals surface area contributed by atoms with E-state index in [1.165, 1.54) is 82.1 Å². The summed E-state index contributed by atoms with van der Waals surface area (Å²) >= 11 is 0. The Kier molecular flexibility index (Phi) is 3.84. The van der Waals surface area contributed by atoms with Gasteiger partial charge in [0.2, 0.25) is 0 Å². The van der Waals surface area contributed by atoms with E-state index in [1.807, 2.05) is 0 Å². The third-order valence-corrected chi connectivity index (χ3v) is 14.0. The Hall–Kier alpha value is -5.00. The molecule has 0 bridgehead atoms. The number of furan rings is 1. The Balaban J connectivity index is 1.42. The van der Waals surface area contributed by atoms with Crippen molar-refractivity contribution in [3.05, 3.63) is 115 Å². The number of anilines is 3. The van der Waals surface area contributed by atoms with Gasteiger partial charge in [-0.3, -0.25) is 0 Å². The second-order valence-electron chi connectivity index (χ2n) is 12.9. The van der Waals surface area contributed by atoms with Gasteiger partial charge in [0.1, 0.15) is 13.7 Å². The van der Waals surface area contributed by atoms with Crippen LogP contribution in [0.25, 0.3) is 54.9 Å². The molecule has 3 aliphatic rings. The Morgan fingerprint density at radius 2 is 1.40 bits per heavy atom. The molecule has 0 radical (unpaired) electrons. The molecule has 2 aromatic heterocycles. The first kappa shape index (κ1) is 22.6. The number of benzene rings is 6. The quantitative estimate of drug-likeness (QED) is 0.181. The fourth-order valence-electron chi connectivity index (χ4n) is 8.78. The molecule has 200 valence electrons. The molecule has 43 heavy (non-hydrogen) atoms. The molecule has 0 atom stereocenters. The van der Waals surface area contributed by atoms with Gasteiger partial charge in [0.25, 0.3) is 0 Å². The van der Waals surface area contributed by atoms with Crippen molar-refractivity contribution >= 4 is 97.0 Å². The number of para-hydroxylation sites is 4. The minimum absolute atomic E-state index is 0.0341. The van der Waals surface area contributed by atoms with Gasteiger partial charge in [0.15, 0.2) is 5.58 Å². The number of aromatic nitrogens is 1. The third-order valence-electron chi connectivity index (χ3n) is 10.5. The summed E-state index contributed by atoms with van der Waals surface area (Å²) in [6.07, 6.45) is 0. The Morgan fingerprint density at radius 3 is 2.33 bits per heavy atom. The van der Waals surface area contributed by atoms with Crippen LogP contribution in [0.3, 0.4) is 0 Å². The third kappa shape index (κ3) is 2.45. The maximum absolute atomic E-state index is 6.68. The second kappa shape index (κ2) is 7.31. The first-order valence-electron chi connectivity index (χ1n) is 15.2. The lowest BCUT2D eigenvalue weighted by Gasteiger charge is -2.47. The van der Waals surface area contributed by atoms with Gasteiger partial charge in [-0.05, 0) is 68.0 Å².